The van der Waals surface area contributed by atoms with Crippen LogP contribution in [0.5, 0.6) is 0 Å². The molecule has 0 unspecified atom stereocenters. The van der Waals surface area contributed by atoms with Gasteiger partial charge in [0.05, 0.1) is 5.02 Å². The molecular weight excluding hydrogens is 258 g/mol. The minimum absolute atomic E-state index is 0.0604. The second-order valence-electron chi connectivity index (χ2n) is 3.72. The van der Waals surface area contributed by atoms with Crippen LogP contribution >= 0.6 is 23.4 Å². The monoisotopic (exact) mass is 269 g/mol. The molecule has 2 amide bonds. The standard InChI is InChI=1S/C12H12ClNO2S/c13-9-3-1-2-4-10(9)17-8-7-14-11(15)5-6-12(14)16/h1-4H,5-8H2. The van der Waals surface area contributed by atoms with Crippen LogP contribution in [0.3, 0.4) is 0 Å². The first-order valence-electron chi connectivity index (χ1n) is 5.39. The average Bonchev–Trinajstić information content (AvgIpc) is 2.63. The van der Waals surface area contributed by atoms with Gasteiger partial charge in [-0.25, -0.2) is 0 Å². The normalized spacial score (nSPS) is 15.7. The maximum absolute atomic E-state index is 11.4. The molecule has 5 heteroatoms. The molecule has 1 saturated heterocycles. The molecule has 2 rings (SSSR count). The topological polar surface area (TPSA) is 37.4 Å². The predicted octanol–water partition coefficient (Wildman–Crippen LogP) is 2.58. The number of imide groups is 1. The highest BCUT2D eigenvalue weighted by atomic mass is 35.5. The fourth-order valence-corrected chi connectivity index (χ4v) is 2.85. The highest BCUT2D eigenvalue weighted by molar-refractivity contribution is 7.99. The smallest absolute Gasteiger partial charge is 0.229 e. The molecule has 1 aromatic rings. The summed E-state index contributed by atoms with van der Waals surface area (Å²) in [6, 6.07) is 7.55. The third-order valence-corrected chi connectivity index (χ3v) is 4.06. The van der Waals surface area contributed by atoms with Gasteiger partial charge in [0.25, 0.3) is 0 Å². The average molecular weight is 270 g/mol. The Morgan fingerprint density at radius 1 is 1.18 bits per heavy atom. The van der Waals surface area contributed by atoms with Crippen molar-refractivity contribution in [3.05, 3.63) is 29.3 Å². The Morgan fingerprint density at radius 2 is 1.82 bits per heavy atom. The van der Waals surface area contributed by atoms with E-state index in [1.165, 1.54) is 4.90 Å². The number of halogens is 1. The molecule has 1 aromatic carbocycles. The van der Waals surface area contributed by atoms with Gasteiger partial charge in [-0.3, -0.25) is 14.5 Å². The largest absolute Gasteiger partial charge is 0.282 e. The number of amides is 2. The van der Waals surface area contributed by atoms with Gasteiger partial charge in [0, 0.05) is 30.0 Å². The lowest BCUT2D eigenvalue weighted by atomic mass is 10.4. The number of carbonyl (C=O) groups excluding carboxylic acids is 2. The van der Waals surface area contributed by atoms with Crippen molar-refractivity contribution in [1.29, 1.82) is 0 Å². The Bertz CT molecular complexity index is 434. The molecule has 1 fully saturated rings. The Morgan fingerprint density at radius 3 is 2.47 bits per heavy atom. The van der Waals surface area contributed by atoms with Crippen molar-refractivity contribution in [2.45, 2.75) is 17.7 Å². The second kappa shape index (κ2) is 5.56. The zero-order valence-electron chi connectivity index (χ0n) is 9.19. The molecule has 17 heavy (non-hydrogen) atoms. The molecular formula is C12H12ClNO2S. The minimum atomic E-state index is -0.0604. The fraction of sp³-hybridized carbons (Fsp3) is 0.333. The van der Waals surface area contributed by atoms with E-state index in [-0.39, 0.29) is 11.8 Å². The first-order valence-corrected chi connectivity index (χ1v) is 6.75. The van der Waals surface area contributed by atoms with E-state index in [0.717, 1.165) is 4.90 Å². The SMILES string of the molecule is O=C1CCC(=O)N1CCSc1ccccc1Cl. The first kappa shape index (κ1) is 12.5. The lowest BCUT2D eigenvalue weighted by Crippen LogP contribution is -2.31. The number of hydrogen-bond donors (Lipinski definition) is 0. The zero-order chi connectivity index (χ0) is 12.3. The summed E-state index contributed by atoms with van der Waals surface area (Å²) >= 11 is 7.57. The van der Waals surface area contributed by atoms with Crippen LogP contribution in [0.1, 0.15) is 12.8 Å². The van der Waals surface area contributed by atoms with Gasteiger partial charge < -0.3 is 0 Å². The Labute approximate surface area is 109 Å². The Balaban J connectivity index is 1.86. The highest BCUT2D eigenvalue weighted by Crippen LogP contribution is 2.26. The van der Waals surface area contributed by atoms with E-state index >= 15 is 0 Å². The molecule has 0 aromatic heterocycles. The molecule has 0 saturated carbocycles. The van der Waals surface area contributed by atoms with Gasteiger partial charge in [-0.1, -0.05) is 23.7 Å². The summed E-state index contributed by atoms with van der Waals surface area (Å²) in [5.74, 6) is 0.561. The number of thioether (sulfide) groups is 1. The third-order valence-electron chi connectivity index (χ3n) is 2.56. The minimum Gasteiger partial charge on any atom is -0.282 e. The van der Waals surface area contributed by atoms with Crippen LogP contribution in [-0.2, 0) is 9.59 Å². The summed E-state index contributed by atoms with van der Waals surface area (Å²) in [5, 5.41) is 0.705. The third kappa shape index (κ3) is 3.01. The number of likely N-dealkylation sites (tertiary alicyclic amines) is 1. The molecule has 1 heterocycles. The predicted molar refractivity (Wildman–Crippen MR) is 68.1 cm³/mol. The van der Waals surface area contributed by atoms with Crippen molar-refractivity contribution in [3.63, 3.8) is 0 Å². The van der Waals surface area contributed by atoms with Gasteiger partial charge in [0.1, 0.15) is 0 Å². The number of nitrogens with zero attached hydrogens (tertiary/aromatic N) is 1. The summed E-state index contributed by atoms with van der Waals surface area (Å²) in [7, 11) is 0. The van der Waals surface area contributed by atoms with E-state index in [1.54, 1.807) is 11.8 Å². The van der Waals surface area contributed by atoms with Crippen LogP contribution in [0.4, 0.5) is 0 Å². The lowest BCUT2D eigenvalue weighted by molar-refractivity contribution is -0.137. The van der Waals surface area contributed by atoms with Crippen molar-refractivity contribution in [3.8, 4) is 0 Å². The first-order chi connectivity index (χ1) is 8.18. The van der Waals surface area contributed by atoms with Crippen molar-refractivity contribution < 1.29 is 9.59 Å². The summed E-state index contributed by atoms with van der Waals surface area (Å²) in [6.07, 6.45) is 0.713. The second-order valence-corrected chi connectivity index (χ2v) is 5.26. The van der Waals surface area contributed by atoms with E-state index in [4.69, 9.17) is 11.6 Å². The number of hydrogen-bond acceptors (Lipinski definition) is 3. The van der Waals surface area contributed by atoms with Crippen molar-refractivity contribution >= 4 is 35.2 Å². The Hall–Kier alpha value is -1.00. The van der Waals surface area contributed by atoms with E-state index in [9.17, 15) is 9.59 Å². The fourth-order valence-electron chi connectivity index (χ4n) is 1.68. The number of rotatable bonds is 4. The van der Waals surface area contributed by atoms with E-state index in [0.29, 0.717) is 30.2 Å². The molecule has 3 nitrogen and oxygen atoms in total. The van der Waals surface area contributed by atoms with Gasteiger partial charge in [0.2, 0.25) is 11.8 Å². The maximum Gasteiger partial charge on any atom is 0.229 e. The molecule has 0 radical (unpaired) electrons. The summed E-state index contributed by atoms with van der Waals surface area (Å²) in [4.78, 5) is 25.0. The molecule has 0 atom stereocenters. The molecule has 0 N–H and O–H groups in total. The van der Waals surface area contributed by atoms with Crippen molar-refractivity contribution in [1.82, 2.24) is 4.90 Å². The lowest BCUT2D eigenvalue weighted by Gasteiger charge is -2.13. The van der Waals surface area contributed by atoms with E-state index in [1.807, 2.05) is 24.3 Å². The molecule has 1 aliphatic rings. The zero-order valence-corrected chi connectivity index (χ0v) is 10.8. The van der Waals surface area contributed by atoms with Gasteiger partial charge >= 0.3 is 0 Å². The highest BCUT2D eigenvalue weighted by Gasteiger charge is 2.28. The molecule has 90 valence electrons. The Kier molecular flexibility index (Phi) is 4.07. The van der Waals surface area contributed by atoms with Crippen LogP contribution in [0.15, 0.2) is 29.2 Å². The molecule has 0 spiro atoms. The van der Waals surface area contributed by atoms with Gasteiger partial charge in [0.15, 0.2) is 0 Å². The summed E-state index contributed by atoms with van der Waals surface area (Å²) < 4.78 is 0. The summed E-state index contributed by atoms with van der Waals surface area (Å²) in [5.41, 5.74) is 0. The van der Waals surface area contributed by atoms with Gasteiger partial charge in [-0.15, -0.1) is 11.8 Å². The molecule has 0 bridgehead atoms. The van der Waals surface area contributed by atoms with Gasteiger partial charge in [-0.05, 0) is 12.1 Å². The van der Waals surface area contributed by atoms with Crippen LogP contribution in [0.25, 0.3) is 0 Å². The van der Waals surface area contributed by atoms with Crippen LogP contribution in [-0.4, -0.2) is 29.0 Å². The van der Waals surface area contributed by atoms with Crippen molar-refractivity contribution in [2.24, 2.45) is 0 Å². The van der Waals surface area contributed by atoms with Crippen LogP contribution < -0.4 is 0 Å². The van der Waals surface area contributed by atoms with Gasteiger partial charge in [-0.2, -0.15) is 0 Å². The molecule has 0 aliphatic carbocycles. The van der Waals surface area contributed by atoms with Crippen molar-refractivity contribution in [2.75, 3.05) is 12.3 Å². The van der Waals surface area contributed by atoms with Crippen LogP contribution in [0.2, 0.25) is 5.02 Å². The van der Waals surface area contributed by atoms with Crippen LogP contribution in [0, 0.1) is 0 Å². The number of benzene rings is 1. The van der Waals surface area contributed by atoms with E-state index < -0.39 is 0 Å². The maximum atomic E-state index is 11.4. The quantitative estimate of drug-likeness (QED) is 0.623. The van der Waals surface area contributed by atoms with E-state index in [2.05, 4.69) is 0 Å². The number of carbonyl (C=O) groups is 2. The molecule has 1 aliphatic heterocycles. The summed E-state index contributed by atoms with van der Waals surface area (Å²) in [6.45, 7) is 0.466.